The summed E-state index contributed by atoms with van der Waals surface area (Å²) >= 11 is 3.32. The van der Waals surface area contributed by atoms with Crippen LogP contribution in [0.4, 0.5) is 10.1 Å². The van der Waals surface area contributed by atoms with Crippen molar-refractivity contribution >= 4 is 27.2 Å². The average Bonchev–Trinajstić information content (AvgIpc) is 2.38. The van der Waals surface area contributed by atoms with Crippen LogP contribution in [0.5, 0.6) is 0 Å². The van der Waals surface area contributed by atoms with E-state index in [1.165, 1.54) is 12.1 Å². The Hall–Kier alpha value is -1.61. The number of nitrogens with one attached hydrogen (secondary N) is 1. The quantitative estimate of drug-likeness (QED) is 0.862. The average molecular weight is 306 g/mol. The lowest BCUT2D eigenvalue weighted by Crippen LogP contribution is -2.04. The Bertz CT molecular complexity index is 552. The van der Waals surface area contributed by atoms with Crippen molar-refractivity contribution < 1.29 is 4.39 Å². The molecule has 0 aliphatic heterocycles. The van der Waals surface area contributed by atoms with Gasteiger partial charge in [-0.1, -0.05) is 36.9 Å². The minimum absolute atomic E-state index is 0.255. The second-order valence-corrected chi connectivity index (χ2v) is 4.80. The summed E-state index contributed by atoms with van der Waals surface area (Å²) in [5.74, 6) is -0.255. The monoisotopic (exact) mass is 305 g/mol. The zero-order valence-electron chi connectivity index (χ0n) is 9.79. The molecule has 0 unspecified atom stereocenters. The first-order valence-corrected chi connectivity index (χ1v) is 6.38. The van der Waals surface area contributed by atoms with Crippen LogP contribution in [-0.2, 0) is 0 Å². The van der Waals surface area contributed by atoms with Gasteiger partial charge < -0.3 is 5.32 Å². The molecule has 0 heterocycles. The van der Waals surface area contributed by atoms with E-state index in [0.29, 0.717) is 11.0 Å². The van der Waals surface area contributed by atoms with Gasteiger partial charge in [-0.2, -0.15) is 0 Å². The molecule has 0 spiro atoms. The first-order chi connectivity index (χ1) is 8.66. The Morgan fingerprint density at radius 2 is 1.89 bits per heavy atom. The Morgan fingerprint density at radius 3 is 2.56 bits per heavy atom. The van der Waals surface area contributed by atoms with Crippen molar-refractivity contribution in [3.8, 4) is 0 Å². The number of hydrogen-bond donors (Lipinski definition) is 1. The van der Waals surface area contributed by atoms with E-state index >= 15 is 0 Å². The highest BCUT2D eigenvalue weighted by molar-refractivity contribution is 9.10. The van der Waals surface area contributed by atoms with E-state index in [4.69, 9.17) is 0 Å². The fourth-order valence-corrected chi connectivity index (χ4v) is 2.10. The number of anilines is 1. The van der Waals surface area contributed by atoms with Crippen LogP contribution in [0.25, 0.3) is 5.57 Å². The van der Waals surface area contributed by atoms with Crippen LogP contribution < -0.4 is 5.32 Å². The maximum atomic E-state index is 12.9. The Morgan fingerprint density at radius 1 is 1.17 bits per heavy atom. The highest BCUT2D eigenvalue weighted by Crippen LogP contribution is 2.24. The van der Waals surface area contributed by atoms with E-state index in [2.05, 4.69) is 27.8 Å². The van der Waals surface area contributed by atoms with Crippen molar-refractivity contribution in [1.29, 1.82) is 0 Å². The van der Waals surface area contributed by atoms with E-state index < -0.39 is 0 Å². The third-order valence-electron chi connectivity index (χ3n) is 2.61. The molecule has 0 atom stereocenters. The predicted molar refractivity (Wildman–Crippen MR) is 78.1 cm³/mol. The van der Waals surface area contributed by atoms with Gasteiger partial charge in [-0.05, 0) is 45.3 Å². The summed E-state index contributed by atoms with van der Waals surface area (Å²) < 4.78 is 13.6. The molecule has 3 heteroatoms. The van der Waals surface area contributed by atoms with E-state index in [9.17, 15) is 4.39 Å². The van der Waals surface area contributed by atoms with E-state index in [-0.39, 0.29) is 5.82 Å². The van der Waals surface area contributed by atoms with Gasteiger partial charge in [-0.3, -0.25) is 0 Å². The lowest BCUT2D eigenvalue weighted by atomic mass is 10.1. The summed E-state index contributed by atoms with van der Waals surface area (Å²) in [7, 11) is 0. The molecule has 0 fully saturated rings. The number of rotatable bonds is 4. The molecule has 0 saturated heterocycles. The van der Waals surface area contributed by atoms with Gasteiger partial charge in [-0.15, -0.1) is 0 Å². The molecule has 1 nitrogen and oxygen atoms in total. The summed E-state index contributed by atoms with van der Waals surface area (Å²) in [5.41, 5.74) is 2.95. The van der Waals surface area contributed by atoms with Gasteiger partial charge in [0.05, 0.1) is 0 Å². The summed E-state index contributed by atoms with van der Waals surface area (Å²) in [5, 5.41) is 3.23. The fraction of sp³-hybridized carbons (Fsp3) is 0.0667. The molecule has 0 saturated carbocycles. The highest BCUT2D eigenvalue weighted by atomic mass is 79.9. The van der Waals surface area contributed by atoms with Crippen LogP contribution in [0.15, 0.2) is 59.6 Å². The molecule has 0 bridgehead atoms. The number of hydrogen-bond acceptors (Lipinski definition) is 1. The Balaban J connectivity index is 2.02. The molecular formula is C15H13BrFN. The summed E-state index contributed by atoms with van der Waals surface area (Å²) in [6, 6.07) is 14.5. The van der Waals surface area contributed by atoms with Crippen LogP contribution in [0.3, 0.4) is 0 Å². The standard InChI is InChI=1S/C15H13BrFN/c1-11(12-5-3-2-4-6-12)10-18-15-8-7-13(17)9-14(15)16/h2-9,18H,1,10H2. The van der Waals surface area contributed by atoms with Gasteiger partial charge in [0.25, 0.3) is 0 Å². The summed E-state index contributed by atoms with van der Waals surface area (Å²) in [6.45, 7) is 4.65. The van der Waals surface area contributed by atoms with E-state index in [1.54, 1.807) is 6.07 Å². The van der Waals surface area contributed by atoms with Gasteiger partial charge in [0, 0.05) is 16.7 Å². The highest BCUT2D eigenvalue weighted by Gasteiger charge is 2.02. The fourth-order valence-electron chi connectivity index (χ4n) is 1.61. The van der Waals surface area contributed by atoms with Gasteiger partial charge in [0.2, 0.25) is 0 Å². The number of benzene rings is 2. The SMILES string of the molecule is C=C(CNc1ccc(F)cc1Br)c1ccccc1. The molecule has 0 aromatic heterocycles. The molecule has 2 rings (SSSR count). The largest absolute Gasteiger partial charge is 0.380 e. The number of halogens is 2. The molecule has 1 N–H and O–H groups in total. The molecule has 0 radical (unpaired) electrons. The minimum atomic E-state index is -0.255. The molecule has 2 aromatic carbocycles. The lowest BCUT2D eigenvalue weighted by Gasteiger charge is -2.10. The van der Waals surface area contributed by atoms with Crippen LogP contribution in [0.2, 0.25) is 0 Å². The molecule has 0 aliphatic rings. The maximum absolute atomic E-state index is 12.9. The van der Waals surface area contributed by atoms with Crippen LogP contribution in [0, 0.1) is 5.82 Å². The van der Waals surface area contributed by atoms with Gasteiger partial charge in [0.15, 0.2) is 0 Å². The molecular weight excluding hydrogens is 293 g/mol. The maximum Gasteiger partial charge on any atom is 0.124 e. The normalized spacial score (nSPS) is 10.1. The van der Waals surface area contributed by atoms with Crippen LogP contribution in [-0.4, -0.2) is 6.54 Å². The van der Waals surface area contributed by atoms with Crippen molar-refractivity contribution in [2.75, 3.05) is 11.9 Å². The third kappa shape index (κ3) is 3.20. The van der Waals surface area contributed by atoms with Gasteiger partial charge in [0.1, 0.15) is 5.82 Å². The molecule has 92 valence electrons. The predicted octanol–water partition coefficient (Wildman–Crippen LogP) is 4.71. The lowest BCUT2D eigenvalue weighted by molar-refractivity contribution is 0.627. The van der Waals surface area contributed by atoms with Crippen molar-refractivity contribution in [2.24, 2.45) is 0 Å². The third-order valence-corrected chi connectivity index (χ3v) is 3.26. The molecule has 0 aliphatic carbocycles. The first kappa shape index (κ1) is 12.8. The van der Waals surface area contributed by atoms with Crippen molar-refractivity contribution in [2.45, 2.75) is 0 Å². The zero-order chi connectivity index (χ0) is 13.0. The zero-order valence-corrected chi connectivity index (χ0v) is 11.4. The van der Waals surface area contributed by atoms with E-state index in [0.717, 1.165) is 16.8 Å². The molecule has 2 aromatic rings. The minimum Gasteiger partial charge on any atom is -0.380 e. The van der Waals surface area contributed by atoms with Crippen LogP contribution >= 0.6 is 15.9 Å². The van der Waals surface area contributed by atoms with Crippen LogP contribution in [0.1, 0.15) is 5.56 Å². The Kier molecular flexibility index (Phi) is 4.15. The second kappa shape index (κ2) is 5.83. The first-order valence-electron chi connectivity index (χ1n) is 5.59. The molecule has 18 heavy (non-hydrogen) atoms. The second-order valence-electron chi connectivity index (χ2n) is 3.95. The summed E-state index contributed by atoms with van der Waals surface area (Å²) in [6.07, 6.45) is 0. The Labute approximate surface area is 114 Å². The van der Waals surface area contributed by atoms with Gasteiger partial charge >= 0.3 is 0 Å². The topological polar surface area (TPSA) is 12.0 Å². The van der Waals surface area contributed by atoms with Crippen molar-refractivity contribution in [1.82, 2.24) is 0 Å². The molecule has 0 amide bonds. The smallest absolute Gasteiger partial charge is 0.124 e. The van der Waals surface area contributed by atoms with E-state index in [1.807, 2.05) is 30.3 Å². The summed E-state index contributed by atoms with van der Waals surface area (Å²) in [4.78, 5) is 0. The van der Waals surface area contributed by atoms with Crippen molar-refractivity contribution in [3.63, 3.8) is 0 Å². The van der Waals surface area contributed by atoms with Gasteiger partial charge in [-0.25, -0.2) is 4.39 Å². The van der Waals surface area contributed by atoms with Crippen molar-refractivity contribution in [3.05, 3.63) is 71.0 Å².